The van der Waals surface area contributed by atoms with Crippen molar-refractivity contribution in [2.75, 3.05) is 47.5 Å². The molecular weight excluding hydrogens is 452 g/mol. The van der Waals surface area contributed by atoms with Crippen LogP contribution in [-0.4, -0.2) is 70.1 Å². The summed E-state index contributed by atoms with van der Waals surface area (Å²) in [4.78, 5) is 40.7. The van der Waals surface area contributed by atoms with E-state index in [2.05, 4.69) is 0 Å². The van der Waals surface area contributed by atoms with Crippen LogP contribution in [0.4, 0.5) is 0 Å². The van der Waals surface area contributed by atoms with Crippen molar-refractivity contribution in [2.24, 2.45) is 0 Å². The Morgan fingerprint density at radius 3 is 2.37 bits per heavy atom. The van der Waals surface area contributed by atoms with Gasteiger partial charge in [0.25, 0.3) is 5.91 Å². The van der Waals surface area contributed by atoms with Crippen molar-refractivity contribution in [3.05, 3.63) is 64.7 Å². The van der Waals surface area contributed by atoms with Gasteiger partial charge in [0.15, 0.2) is 11.5 Å². The van der Waals surface area contributed by atoms with E-state index in [1.54, 1.807) is 36.4 Å². The number of Topliss-reactive ketones (excluding diaryl/α,β-unsaturated/α-hetero) is 1. The summed E-state index contributed by atoms with van der Waals surface area (Å²) in [6.45, 7) is 1.88. The van der Waals surface area contributed by atoms with Gasteiger partial charge in [0.1, 0.15) is 13.2 Å². The highest BCUT2D eigenvalue weighted by atomic mass is 16.6. The fraction of sp³-hybridized carbons (Fsp3) is 0.346. The Kier molecular flexibility index (Phi) is 7.07. The average Bonchev–Trinajstić information content (AvgIpc) is 3.12. The van der Waals surface area contributed by atoms with Crippen molar-refractivity contribution in [3.63, 3.8) is 0 Å². The molecule has 1 fully saturated rings. The van der Waals surface area contributed by atoms with Crippen molar-refractivity contribution >= 4 is 23.4 Å². The lowest BCUT2D eigenvalue weighted by Crippen LogP contribution is -3.05. The minimum atomic E-state index is -0.862. The molecule has 1 unspecified atom stereocenters. The molecule has 184 valence electrons. The summed E-state index contributed by atoms with van der Waals surface area (Å²) in [5.41, 5.74) is 1.01. The molecule has 0 bridgehead atoms. The van der Waals surface area contributed by atoms with Gasteiger partial charge in [-0.2, -0.15) is 0 Å². The summed E-state index contributed by atoms with van der Waals surface area (Å²) < 4.78 is 15.9. The first-order chi connectivity index (χ1) is 16.8. The quantitative estimate of drug-likeness (QED) is 0.257. The number of hydrogen-bond donors (Lipinski definition) is 1. The van der Waals surface area contributed by atoms with Gasteiger partial charge < -0.3 is 29.1 Å². The predicted molar refractivity (Wildman–Crippen MR) is 124 cm³/mol. The SMILES string of the molecule is COC(=O)c1ccc(C2C(=C([O-])c3ccc4c(c3)OCCO4)C(=O)C(=O)N2CCC[NH+](C)C)cc1. The van der Waals surface area contributed by atoms with Gasteiger partial charge in [-0.25, -0.2) is 4.79 Å². The lowest BCUT2D eigenvalue weighted by Gasteiger charge is -2.28. The molecule has 4 rings (SSSR count). The van der Waals surface area contributed by atoms with E-state index in [1.165, 1.54) is 23.0 Å². The Bertz CT molecular complexity index is 1170. The number of methoxy groups -OCH3 is 1. The van der Waals surface area contributed by atoms with Crippen LogP contribution in [0.1, 0.15) is 33.9 Å². The number of fused-ring (bicyclic) bond motifs is 1. The van der Waals surface area contributed by atoms with Crippen LogP contribution in [0.25, 0.3) is 5.76 Å². The summed E-state index contributed by atoms with van der Waals surface area (Å²) in [5.74, 6) is -1.62. The Morgan fingerprint density at radius 2 is 1.71 bits per heavy atom. The number of rotatable bonds is 7. The zero-order valence-corrected chi connectivity index (χ0v) is 20.0. The highest BCUT2D eigenvalue weighted by Crippen LogP contribution is 2.40. The second-order valence-electron chi connectivity index (χ2n) is 8.76. The van der Waals surface area contributed by atoms with Crippen LogP contribution >= 0.6 is 0 Å². The third kappa shape index (κ3) is 4.85. The van der Waals surface area contributed by atoms with Crippen molar-refractivity contribution < 1.29 is 38.6 Å². The predicted octanol–water partition coefficient (Wildman–Crippen LogP) is 0.00300. The molecule has 0 aliphatic carbocycles. The second kappa shape index (κ2) is 10.2. The Labute approximate surface area is 203 Å². The van der Waals surface area contributed by atoms with Gasteiger partial charge >= 0.3 is 5.97 Å². The van der Waals surface area contributed by atoms with E-state index in [-0.39, 0.29) is 11.1 Å². The molecule has 0 radical (unpaired) electrons. The molecule has 2 aromatic carbocycles. The van der Waals surface area contributed by atoms with E-state index >= 15 is 0 Å². The third-order valence-corrected chi connectivity index (χ3v) is 6.06. The molecule has 2 heterocycles. The summed E-state index contributed by atoms with van der Waals surface area (Å²) in [5, 5.41) is 13.6. The molecule has 2 aliphatic rings. The topological polar surface area (TPSA) is 110 Å². The number of quaternary nitrogens is 1. The molecule has 0 spiro atoms. The van der Waals surface area contributed by atoms with Crippen LogP contribution in [0.2, 0.25) is 0 Å². The molecule has 0 saturated carbocycles. The number of hydrogen-bond acceptors (Lipinski definition) is 7. The smallest absolute Gasteiger partial charge is 0.337 e. The maximum Gasteiger partial charge on any atom is 0.337 e. The number of carbonyl (C=O) groups excluding carboxylic acids is 3. The lowest BCUT2D eigenvalue weighted by atomic mass is 9.94. The maximum absolute atomic E-state index is 13.6. The first-order valence-electron chi connectivity index (χ1n) is 11.5. The molecule has 1 atom stereocenters. The summed E-state index contributed by atoms with van der Waals surface area (Å²) in [7, 11) is 5.29. The fourth-order valence-electron chi connectivity index (χ4n) is 4.31. The zero-order chi connectivity index (χ0) is 25.1. The van der Waals surface area contributed by atoms with Crippen molar-refractivity contribution in [1.82, 2.24) is 4.90 Å². The standard InChI is InChI=1S/C26H28N2O7/c1-27(2)11-4-12-28-22(16-5-7-17(8-6-16)26(32)33-3)21(24(30)25(28)31)23(29)18-9-10-19-20(15-18)35-14-13-34-19/h5-10,15,22,29H,4,11-14H2,1-3H3. The van der Waals surface area contributed by atoms with Gasteiger partial charge in [-0.3, -0.25) is 9.59 Å². The minimum absolute atomic E-state index is 0.116. The van der Waals surface area contributed by atoms with E-state index in [4.69, 9.17) is 14.2 Å². The van der Waals surface area contributed by atoms with Gasteiger partial charge in [0.05, 0.1) is 39.4 Å². The molecule has 1 saturated heterocycles. The number of likely N-dealkylation sites (tertiary alicyclic amines) is 1. The van der Waals surface area contributed by atoms with Crippen LogP contribution in [0.5, 0.6) is 11.5 Å². The van der Waals surface area contributed by atoms with Crippen LogP contribution in [0.3, 0.4) is 0 Å². The van der Waals surface area contributed by atoms with Crippen LogP contribution < -0.4 is 19.5 Å². The number of ether oxygens (including phenoxy) is 3. The highest BCUT2D eigenvalue weighted by molar-refractivity contribution is 6.46. The fourth-order valence-corrected chi connectivity index (χ4v) is 4.31. The lowest BCUT2D eigenvalue weighted by molar-refractivity contribution is -0.858. The molecule has 2 aliphatic heterocycles. The molecule has 35 heavy (non-hydrogen) atoms. The summed E-state index contributed by atoms with van der Waals surface area (Å²) >= 11 is 0. The molecule has 1 N–H and O–H groups in total. The number of ketones is 1. The number of nitrogens with one attached hydrogen (secondary N) is 1. The monoisotopic (exact) mass is 480 g/mol. The van der Waals surface area contributed by atoms with Gasteiger partial charge in [0.2, 0.25) is 5.78 Å². The molecule has 2 aromatic rings. The molecule has 1 amide bonds. The van der Waals surface area contributed by atoms with Crippen LogP contribution in [-0.2, 0) is 14.3 Å². The maximum atomic E-state index is 13.6. The van der Waals surface area contributed by atoms with Crippen molar-refractivity contribution in [3.8, 4) is 11.5 Å². The first kappa shape index (κ1) is 24.3. The summed E-state index contributed by atoms with van der Waals surface area (Å²) in [6, 6.07) is 10.3. The normalized spacial score (nSPS) is 18.7. The third-order valence-electron chi connectivity index (χ3n) is 6.06. The van der Waals surface area contributed by atoms with Gasteiger partial charge in [-0.15, -0.1) is 0 Å². The Morgan fingerprint density at radius 1 is 1.06 bits per heavy atom. The van der Waals surface area contributed by atoms with Crippen molar-refractivity contribution in [1.29, 1.82) is 0 Å². The summed E-state index contributed by atoms with van der Waals surface area (Å²) in [6.07, 6.45) is 0.656. The highest BCUT2D eigenvalue weighted by Gasteiger charge is 2.44. The Hall–Kier alpha value is -3.85. The molecular formula is C26H28N2O7. The number of nitrogens with zero attached hydrogens (tertiary/aromatic N) is 1. The van der Waals surface area contributed by atoms with Gasteiger partial charge in [-0.1, -0.05) is 24.0 Å². The van der Waals surface area contributed by atoms with Crippen LogP contribution in [0.15, 0.2) is 48.0 Å². The van der Waals surface area contributed by atoms with E-state index in [0.29, 0.717) is 48.8 Å². The zero-order valence-electron chi connectivity index (χ0n) is 20.0. The molecule has 9 nitrogen and oxygen atoms in total. The average molecular weight is 481 g/mol. The van der Waals surface area contributed by atoms with Gasteiger partial charge in [0, 0.05) is 18.5 Å². The van der Waals surface area contributed by atoms with E-state index in [0.717, 1.165) is 6.54 Å². The largest absolute Gasteiger partial charge is 0.872 e. The van der Waals surface area contributed by atoms with E-state index in [1.807, 2.05) is 14.1 Å². The molecule has 9 heteroatoms. The Balaban J connectivity index is 1.77. The number of carbonyl (C=O) groups is 3. The number of amides is 1. The van der Waals surface area contributed by atoms with E-state index in [9.17, 15) is 19.5 Å². The minimum Gasteiger partial charge on any atom is -0.872 e. The molecule has 0 aromatic heterocycles. The number of benzene rings is 2. The van der Waals surface area contributed by atoms with Crippen LogP contribution in [0, 0.1) is 0 Å². The van der Waals surface area contributed by atoms with Crippen molar-refractivity contribution in [2.45, 2.75) is 12.5 Å². The second-order valence-corrected chi connectivity index (χ2v) is 8.76. The van der Waals surface area contributed by atoms with Gasteiger partial charge in [-0.05, 0) is 35.4 Å². The number of esters is 1. The first-order valence-corrected chi connectivity index (χ1v) is 11.5. The van der Waals surface area contributed by atoms with E-state index < -0.39 is 29.5 Å².